The molecule has 0 bridgehead atoms. The molecule has 5 N–H and O–H groups in total. The monoisotopic (exact) mass is 279 g/mol. The number of unbranched alkanes of at least 4 members (excludes halogenated alkanes) is 1. The molecule has 5 atom stereocenters. The molecular weight excluding hydrogens is 258 g/mol. The van der Waals surface area contributed by atoms with Crippen LogP contribution in [0.3, 0.4) is 0 Å². The van der Waals surface area contributed by atoms with Gasteiger partial charge in [0, 0.05) is 0 Å². The van der Waals surface area contributed by atoms with E-state index in [4.69, 9.17) is 14.6 Å². The van der Waals surface area contributed by atoms with E-state index < -0.39 is 43.3 Å². The molecule has 0 spiro atoms. The van der Waals surface area contributed by atoms with Crippen molar-refractivity contribution < 1.29 is 34.7 Å². The quantitative estimate of drug-likeness (QED) is 0.380. The SMILES string of the molecule is CCCCOC(=O)N[C@@H]1O[C@@H](CO)[C@@H](O)[C@@H](O)[C@H]1O. The summed E-state index contributed by atoms with van der Waals surface area (Å²) >= 11 is 0. The molecular formula is C11H21NO7. The number of carbonyl (C=O) groups is 1. The normalized spacial score (nSPS) is 34.9. The number of alkyl carbamates (subject to hydrolysis) is 1. The maximum Gasteiger partial charge on any atom is 0.409 e. The number of carbonyl (C=O) groups excluding carboxylic acids is 1. The molecule has 0 aromatic carbocycles. The van der Waals surface area contributed by atoms with Crippen molar-refractivity contribution in [1.29, 1.82) is 0 Å². The van der Waals surface area contributed by atoms with E-state index in [9.17, 15) is 20.1 Å². The van der Waals surface area contributed by atoms with Crippen molar-refractivity contribution in [1.82, 2.24) is 5.32 Å². The number of amides is 1. The Morgan fingerprint density at radius 2 is 1.95 bits per heavy atom. The largest absolute Gasteiger partial charge is 0.450 e. The molecule has 112 valence electrons. The van der Waals surface area contributed by atoms with E-state index in [1.165, 1.54) is 0 Å². The van der Waals surface area contributed by atoms with Gasteiger partial charge in [-0.25, -0.2) is 4.79 Å². The smallest absolute Gasteiger partial charge is 0.409 e. The molecule has 0 radical (unpaired) electrons. The lowest BCUT2D eigenvalue weighted by atomic mass is 9.98. The summed E-state index contributed by atoms with van der Waals surface area (Å²) in [7, 11) is 0. The average molecular weight is 279 g/mol. The van der Waals surface area contributed by atoms with Crippen LogP contribution in [0.15, 0.2) is 0 Å². The van der Waals surface area contributed by atoms with Gasteiger partial charge in [0.15, 0.2) is 6.23 Å². The van der Waals surface area contributed by atoms with Gasteiger partial charge < -0.3 is 29.9 Å². The van der Waals surface area contributed by atoms with Crippen molar-refractivity contribution in [2.75, 3.05) is 13.2 Å². The zero-order valence-corrected chi connectivity index (χ0v) is 10.7. The maximum atomic E-state index is 11.4. The van der Waals surface area contributed by atoms with Crippen molar-refractivity contribution in [2.45, 2.75) is 50.4 Å². The van der Waals surface area contributed by atoms with Gasteiger partial charge in [-0.05, 0) is 6.42 Å². The highest BCUT2D eigenvalue weighted by atomic mass is 16.6. The van der Waals surface area contributed by atoms with Crippen LogP contribution < -0.4 is 5.32 Å². The molecule has 0 aromatic rings. The molecule has 0 aromatic heterocycles. The van der Waals surface area contributed by atoms with Gasteiger partial charge in [0.25, 0.3) is 0 Å². The zero-order valence-electron chi connectivity index (χ0n) is 10.7. The van der Waals surface area contributed by atoms with Crippen LogP contribution in [-0.4, -0.2) is 70.4 Å². The minimum Gasteiger partial charge on any atom is -0.450 e. The molecule has 0 aliphatic carbocycles. The van der Waals surface area contributed by atoms with Gasteiger partial charge in [0.2, 0.25) is 0 Å². The van der Waals surface area contributed by atoms with Crippen LogP contribution in [0.1, 0.15) is 19.8 Å². The molecule has 1 rings (SSSR count). The summed E-state index contributed by atoms with van der Waals surface area (Å²) in [6.45, 7) is 1.63. The molecule has 1 amide bonds. The fourth-order valence-electron chi connectivity index (χ4n) is 1.69. The number of aliphatic hydroxyl groups excluding tert-OH is 4. The fraction of sp³-hybridized carbons (Fsp3) is 0.909. The summed E-state index contributed by atoms with van der Waals surface area (Å²) in [6, 6.07) is 0. The number of rotatable bonds is 5. The van der Waals surface area contributed by atoms with E-state index in [2.05, 4.69) is 5.32 Å². The molecule has 1 aliphatic heterocycles. The maximum absolute atomic E-state index is 11.4. The Bertz CT molecular complexity index is 286. The lowest BCUT2D eigenvalue weighted by molar-refractivity contribution is -0.234. The van der Waals surface area contributed by atoms with Crippen molar-refractivity contribution in [3.05, 3.63) is 0 Å². The molecule has 1 saturated heterocycles. The molecule has 1 aliphatic rings. The lowest BCUT2D eigenvalue weighted by Crippen LogP contribution is -2.63. The molecule has 1 fully saturated rings. The molecule has 8 nitrogen and oxygen atoms in total. The molecule has 0 saturated carbocycles. The highest BCUT2D eigenvalue weighted by Crippen LogP contribution is 2.19. The number of hydrogen-bond donors (Lipinski definition) is 5. The third-order valence-corrected chi connectivity index (χ3v) is 2.88. The van der Waals surface area contributed by atoms with Gasteiger partial charge in [0.05, 0.1) is 13.2 Å². The van der Waals surface area contributed by atoms with Crippen LogP contribution >= 0.6 is 0 Å². The average Bonchev–Trinajstić information content (AvgIpc) is 2.39. The van der Waals surface area contributed by atoms with Crippen LogP contribution in [0, 0.1) is 0 Å². The Balaban J connectivity index is 2.49. The topological polar surface area (TPSA) is 128 Å². The summed E-state index contributed by atoms with van der Waals surface area (Å²) in [5.74, 6) is 0. The van der Waals surface area contributed by atoms with E-state index in [1.807, 2.05) is 6.92 Å². The summed E-state index contributed by atoms with van der Waals surface area (Å²) in [6.07, 6.45) is -5.99. The predicted molar refractivity (Wildman–Crippen MR) is 63.2 cm³/mol. The van der Waals surface area contributed by atoms with E-state index in [1.54, 1.807) is 0 Å². The second-order valence-electron chi connectivity index (χ2n) is 4.38. The molecule has 0 unspecified atom stereocenters. The van der Waals surface area contributed by atoms with Crippen molar-refractivity contribution in [2.24, 2.45) is 0 Å². The standard InChI is InChI=1S/C11H21NO7/c1-2-3-4-18-11(17)12-10-9(16)8(15)7(14)6(5-13)19-10/h6-10,13-16H,2-5H2,1H3,(H,12,17)/t6-,7+,8+,9+,10+/m0/s1. The van der Waals surface area contributed by atoms with Gasteiger partial charge in [-0.3, -0.25) is 5.32 Å². The van der Waals surface area contributed by atoms with Crippen molar-refractivity contribution >= 4 is 6.09 Å². The Hall–Kier alpha value is -0.930. The third-order valence-electron chi connectivity index (χ3n) is 2.88. The van der Waals surface area contributed by atoms with Crippen molar-refractivity contribution in [3.63, 3.8) is 0 Å². The second kappa shape index (κ2) is 7.61. The minimum atomic E-state index is -1.52. The van der Waals surface area contributed by atoms with E-state index in [0.29, 0.717) is 6.42 Å². The Morgan fingerprint density at radius 3 is 2.53 bits per heavy atom. The first-order chi connectivity index (χ1) is 9.01. The first kappa shape index (κ1) is 16.1. The van der Waals surface area contributed by atoms with Crippen LogP contribution in [-0.2, 0) is 9.47 Å². The van der Waals surface area contributed by atoms with Crippen LogP contribution in [0.2, 0.25) is 0 Å². The Labute approximate surface area is 110 Å². The van der Waals surface area contributed by atoms with E-state index in [-0.39, 0.29) is 6.61 Å². The molecule has 1 heterocycles. The Kier molecular flexibility index (Phi) is 6.46. The fourth-order valence-corrected chi connectivity index (χ4v) is 1.69. The molecule has 8 heteroatoms. The highest BCUT2D eigenvalue weighted by molar-refractivity contribution is 5.67. The van der Waals surface area contributed by atoms with Gasteiger partial charge in [-0.2, -0.15) is 0 Å². The first-order valence-corrected chi connectivity index (χ1v) is 6.25. The summed E-state index contributed by atoms with van der Waals surface area (Å²) < 4.78 is 9.90. The Morgan fingerprint density at radius 1 is 1.26 bits per heavy atom. The third kappa shape index (κ3) is 4.29. The van der Waals surface area contributed by atoms with Gasteiger partial charge in [0.1, 0.15) is 24.4 Å². The van der Waals surface area contributed by atoms with Crippen molar-refractivity contribution in [3.8, 4) is 0 Å². The highest BCUT2D eigenvalue weighted by Gasteiger charge is 2.44. The van der Waals surface area contributed by atoms with Gasteiger partial charge >= 0.3 is 6.09 Å². The number of hydrogen-bond acceptors (Lipinski definition) is 7. The lowest BCUT2D eigenvalue weighted by Gasteiger charge is -2.39. The van der Waals surface area contributed by atoms with Crippen LogP contribution in [0.5, 0.6) is 0 Å². The number of ether oxygens (including phenoxy) is 2. The van der Waals surface area contributed by atoms with E-state index in [0.717, 1.165) is 6.42 Å². The van der Waals surface area contributed by atoms with Crippen LogP contribution in [0.25, 0.3) is 0 Å². The van der Waals surface area contributed by atoms with Gasteiger partial charge in [-0.1, -0.05) is 13.3 Å². The van der Waals surface area contributed by atoms with Gasteiger partial charge in [-0.15, -0.1) is 0 Å². The zero-order chi connectivity index (χ0) is 14.4. The summed E-state index contributed by atoms with van der Waals surface area (Å²) in [4.78, 5) is 11.4. The second-order valence-corrected chi connectivity index (χ2v) is 4.38. The van der Waals surface area contributed by atoms with E-state index >= 15 is 0 Å². The van der Waals surface area contributed by atoms with Crippen LogP contribution in [0.4, 0.5) is 4.79 Å². The summed E-state index contributed by atoms with van der Waals surface area (Å²) in [5, 5.41) is 39.9. The first-order valence-electron chi connectivity index (χ1n) is 6.25. The molecule has 19 heavy (non-hydrogen) atoms. The number of aliphatic hydroxyl groups is 4. The minimum absolute atomic E-state index is 0.236. The number of nitrogens with one attached hydrogen (secondary N) is 1. The summed E-state index contributed by atoms with van der Waals surface area (Å²) in [5.41, 5.74) is 0. The predicted octanol–water partition coefficient (Wildman–Crippen LogP) is -1.69.